The first kappa shape index (κ1) is 9.18. The van der Waals surface area contributed by atoms with Crippen molar-refractivity contribution < 1.29 is 4.79 Å². The zero-order valence-electron chi connectivity index (χ0n) is 7.99. The third-order valence-electron chi connectivity index (χ3n) is 2.48. The van der Waals surface area contributed by atoms with Gasteiger partial charge < -0.3 is 15.2 Å². The van der Waals surface area contributed by atoms with Crippen molar-refractivity contribution in [3.05, 3.63) is 35.0 Å². The van der Waals surface area contributed by atoms with Crippen LogP contribution in [0.15, 0.2) is 24.3 Å². The Morgan fingerprint density at radius 2 is 2.14 bits per heavy atom. The van der Waals surface area contributed by atoms with E-state index >= 15 is 0 Å². The minimum Gasteiger partial charge on any atom is -0.627 e. The zero-order valence-corrected chi connectivity index (χ0v) is 7.99. The van der Waals surface area contributed by atoms with Crippen molar-refractivity contribution in [1.29, 1.82) is 0 Å². The molecule has 0 bridgehead atoms. The fraction of sp³-hybridized carbons (Fsp3) is 0.300. The van der Waals surface area contributed by atoms with Gasteiger partial charge in [-0.05, 0) is 6.07 Å². The van der Waals surface area contributed by atoms with Crippen LogP contribution in [-0.2, 0) is 0 Å². The number of hydroxylamine groups is 2. The van der Waals surface area contributed by atoms with Crippen molar-refractivity contribution in [3.63, 3.8) is 0 Å². The molecule has 1 aromatic carbocycles. The zero-order chi connectivity index (χ0) is 10.2. The SMILES string of the molecule is C[N+]1([O-])CCNC(=O)c2ccccc21. The molecule has 4 nitrogen and oxygen atoms in total. The highest BCUT2D eigenvalue weighted by molar-refractivity contribution is 5.99. The number of nitrogens with zero attached hydrogens (tertiary/aromatic N) is 1. The first-order valence-corrected chi connectivity index (χ1v) is 4.55. The molecule has 0 fully saturated rings. The average Bonchev–Trinajstić information content (AvgIpc) is 2.27. The molecule has 0 aromatic heterocycles. The van der Waals surface area contributed by atoms with Crippen LogP contribution >= 0.6 is 0 Å². The second-order valence-electron chi connectivity index (χ2n) is 3.60. The predicted octanol–water partition coefficient (Wildman–Crippen LogP) is 0.865. The summed E-state index contributed by atoms with van der Waals surface area (Å²) in [6.07, 6.45) is 0. The molecule has 1 N–H and O–H groups in total. The molecule has 4 heteroatoms. The fourth-order valence-corrected chi connectivity index (χ4v) is 1.68. The lowest BCUT2D eigenvalue weighted by Gasteiger charge is -2.37. The van der Waals surface area contributed by atoms with Crippen LogP contribution < -0.4 is 9.96 Å². The minimum absolute atomic E-state index is 0.154. The lowest BCUT2D eigenvalue weighted by Crippen LogP contribution is -2.41. The van der Waals surface area contributed by atoms with Gasteiger partial charge in [0.25, 0.3) is 5.91 Å². The molecule has 1 heterocycles. The van der Waals surface area contributed by atoms with Gasteiger partial charge in [0, 0.05) is 6.07 Å². The van der Waals surface area contributed by atoms with Gasteiger partial charge in [0.1, 0.15) is 17.8 Å². The van der Waals surface area contributed by atoms with Crippen LogP contribution in [0.5, 0.6) is 0 Å². The van der Waals surface area contributed by atoms with E-state index in [2.05, 4.69) is 5.32 Å². The summed E-state index contributed by atoms with van der Waals surface area (Å²) < 4.78 is -0.491. The molecule has 1 atom stereocenters. The van der Waals surface area contributed by atoms with Crippen molar-refractivity contribution in [2.24, 2.45) is 0 Å². The number of rotatable bonds is 0. The van der Waals surface area contributed by atoms with Crippen LogP contribution in [0, 0.1) is 5.21 Å². The molecule has 2 rings (SSSR count). The third-order valence-corrected chi connectivity index (χ3v) is 2.48. The lowest BCUT2D eigenvalue weighted by molar-refractivity contribution is 0.0958. The maximum absolute atomic E-state index is 12.1. The molecule has 1 unspecified atom stereocenters. The van der Waals surface area contributed by atoms with Crippen molar-refractivity contribution in [2.45, 2.75) is 0 Å². The lowest BCUT2D eigenvalue weighted by atomic mass is 10.1. The van der Waals surface area contributed by atoms with Gasteiger partial charge in [-0.15, -0.1) is 0 Å². The monoisotopic (exact) mass is 192 g/mol. The molecular formula is C10H12N2O2. The first-order valence-electron chi connectivity index (χ1n) is 4.55. The molecule has 0 saturated heterocycles. The summed E-state index contributed by atoms with van der Waals surface area (Å²) in [5, 5.41) is 14.8. The van der Waals surface area contributed by atoms with Crippen molar-refractivity contribution in [2.75, 3.05) is 20.1 Å². The minimum atomic E-state index is -0.491. The maximum atomic E-state index is 12.1. The molecule has 0 saturated carbocycles. The number of quaternary nitrogens is 1. The Hall–Kier alpha value is -1.39. The van der Waals surface area contributed by atoms with Crippen LogP contribution in [-0.4, -0.2) is 26.0 Å². The quantitative estimate of drug-likeness (QED) is 0.489. The van der Waals surface area contributed by atoms with E-state index in [9.17, 15) is 10.0 Å². The maximum Gasteiger partial charge on any atom is 0.257 e. The second-order valence-corrected chi connectivity index (χ2v) is 3.60. The second kappa shape index (κ2) is 3.08. The number of hydrogen-bond acceptors (Lipinski definition) is 2. The van der Waals surface area contributed by atoms with E-state index in [-0.39, 0.29) is 5.91 Å². The topological polar surface area (TPSA) is 52.2 Å². The Morgan fingerprint density at radius 1 is 1.43 bits per heavy atom. The standard InChI is InChI=1S/C10H12N2O2/c1-12(14)7-6-11-10(13)8-4-2-3-5-9(8)12/h2-5H,6-7H2,1H3,(H,11,13). The van der Waals surface area contributed by atoms with E-state index in [1.54, 1.807) is 31.3 Å². The van der Waals surface area contributed by atoms with Gasteiger partial charge in [0.15, 0.2) is 0 Å². The molecule has 1 aliphatic rings. The van der Waals surface area contributed by atoms with Gasteiger partial charge in [0.05, 0.1) is 13.6 Å². The largest absolute Gasteiger partial charge is 0.627 e. The summed E-state index contributed by atoms with van der Waals surface area (Å²) in [5.41, 5.74) is 1.03. The van der Waals surface area contributed by atoms with Crippen LogP contribution in [0.25, 0.3) is 0 Å². The molecule has 14 heavy (non-hydrogen) atoms. The highest BCUT2D eigenvalue weighted by atomic mass is 16.5. The highest BCUT2D eigenvalue weighted by Crippen LogP contribution is 2.25. The van der Waals surface area contributed by atoms with Crippen LogP contribution in [0.2, 0.25) is 0 Å². The van der Waals surface area contributed by atoms with Gasteiger partial charge in [-0.2, -0.15) is 0 Å². The number of nitrogens with one attached hydrogen (secondary N) is 1. The van der Waals surface area contributed by atoms with Crippen molar-refractivity contribution >= 4 is 11.6 Å². The number of carbonyl (C=O) groups is 1. The summed E-state index contributed by atoms with van der Waals surface area (Å²) >= 11 is 0. The number of fused-ring (bicyclic) bond motifs is 1. The van der Waals surface area contributed by atoms with Crippen LogP contribution in [0.1, 0.15) is 10.4 Å². The van der Waals surface area contributed by atoms with Gasteiger partial charge >= 0.3 is 0 Å². The predicted molar refractivity (Wildman–Crippen MR) is 54.7 cm³/mol. The summed E-state index contributed by atoms with van der Waals surface area (Å²) in [4.78, 5) is 11.5. The van der Waals surface area contributed by atoms with Crippen molar-refractivity contribution in [1.82, 2.24) is 9.96 Å². The Labute approximate surface area is 82.3 Å². The molecule has 0 radical (unpaired) electrons. The van der Waals surface area contributed by atoms with Crippen LogP contribution in [0.4, 0.5) is 5.69 Å². The molecule has 1 aromatic rings. The Balaban J connectivity index is 2.59. The number of amides is 1. The van der Waals surface area contributed by atoms with E-state index in [0.717, 1.165) is 0 Å². The smallest absolute Gasteiger partial charge is 0.257 e. The number of likely N-dealkylation sites (N-methyl/N-ethyl adjacent to an activating group) is 1. The highest BCUT2D eigenvalue weighted by Gasteiger charge is 2.25. The summed E-state index contributed by atoms with van der Waals surface area (Å²) in [6.45, 7) is 0.802. The Bertz CT molecular complexity index is 374. The summed E-state index contributed by atoms with van der Waals surface area (Å²) in [6, 6.07) is 6.95. The summed E-state index contributed by atoms with van der Waals surface area (Å²) in [7, 11) is 1.57. The number of benzene rings is 1. The van der Waals surface area contributed by atoms with Gasteiger partial charge in [-0.1, -0.05) is 12.1 Å². The van der Waals surface area contributed by atoms with Gasteiger partial charge in [0.2, 0.25) is 0 Å². The molecular weight excluding hydrogens is 180 g/mol. The normalized spacial score (nSPS) is 26.3. The molecule has 0 aliphatic carbocycles. The molecule has 1 amide bonds. The van der Waals surface area contributed by atoms with E-state index < -0.39 is 4.65 Å². The summed E-state index contributed by atoms with van der Waals surface area (Å²) in [5.74, 6) is -0.154. The van der Waals surface area contributed by atoms with E-state index in [1.165, 1.54) is 0 Å². The Kier molecular flexibility index (Phi) is 2.02. The van der Waals surface area contributed by atoms with E-state index in [4.69, 9.17) is 0 Å². The van der Waals surface area contributed by atoms with Gasteiger partial charge in [-0.25, -0.2) is 0 Å². The third kappa shape index (κ3) is 1.38. The van der Waals surface area contributed by atoms with E-state index in [1.807, 2.05) is 0 Å². The number of para-hydroxylation sites is 1. The first-order chi connectivity index (χ1) is 6.61. The molecule has 0 spiro atoms. The number of hydrogen-bond donors (Lipinski definition) is 1. The fourth-order valence-electron chi connectivity index (χ4n) is 1.68. The van der Waals surface area contributed by atoms with Gasteiger partial charge in [-0.3, -0.25) is 4.79 Å². The Morgan fingerprint density at radius 3 is 2.93 bits per heavy atom. The molecule has 74 valence electrons. The molecule has 1 aliphatic heterocycles. The average molecular weight is 192 g/mol. The van der Waals surface area contributed by atoms with Crippen molar-refractivity contribution in [3.8, 4) is 0 Å². The number of carbonyl (C=O) groups excluding carboxylic acids is 1. The van der Waals surface area contributed by atoms with Crippen LogP contribution in [0.3, 0.4) is 0 Å². The van der Waals surface area contributed by atoms with E-state index in [0.29, 0.717) is 24.3 Å².